The third-order valence-corrected chi connectivity index (χ3v) is 5.75. The number of anilines is 1. The third-order valence-electron chi connectivity index (χ3n) is 5.75. The van der Waals surface area contributed by atoms with Gasteiger partial charge in [-0.15, -0.1) is 0 Å². The highest BCUT2D eigenvalue weighted by Crippen LogP contribution is 2.27. The van der Waals surface area contributed by atoms with Crippen molar-refractivity contribution >= 4 is 18.0 Å². The summed E-state index contributed by atoms with van der Waals surface area (Å²) in [5, 5.41) is 9.70. The highest BCUT2D eigenvalue weighted by atomic mass is 16.6. The van der Waals surface area contributed by atoms with Crippen LogP contribution in [0.5, 0.6) is 0 Å². The summed E-state index contributed by atoms with van der Waals surface area (Å²) >= 11 is 0. The molecule has 2 aromatic rings. The first-order chi connectivity index (χ1) is 16.2. The first kappa shape index (κ1) is 23.4. The van der Waals surface area contributed by atoms with Gasteiger partial charge in [0.25, 0.3) is 0 Å². The van der Waals surface area contributed by atoms with Gasteiger partial charge in [-0.3, -0.25) is 4.90 Å². The van der Waals surface area contributed by atoms with Crippen molar-refractivity contribution in [2.45, 2.75) is 46.1 Å². The van der Waals surface area contributed by atoms with E-state index in [1.165, 1.54) is 0 Å². The van der Waals surface area contributed by atoms with E-state index in [0.29, 0.717) is 50.8 Å². The molecule has 10 heteroatoms. The summed E-state index contributed by atoms with van der Waals surface area (Å²) in [6.07, 6.45) is -0.725. The largest absolute Gasteiger partial charge is 0.445 e. The summed E-state index contributed by atoms with van der Waals surface area (Å²) in [7, 11) is 0. The van der Waals surface area contributed by atoms with Crippen molar-refractivity contribution in [1.29, 1.82) is 5.26 Å². The lowest BCUT2D eigenvalue weighted by atomic mass is 10.2. The topological polar surface area (TPSA) is 104 Å². The van der Waals surface area contributed by atoms with E-state index in [1.807, 2.05) is 55.7 Å². The van der Waals surface area contributed by atoms with Crippen LogP contribution in [0.25, 0.3) is 0 Å². The second-order valence-electron chi connectivity index (χ2n) is 9.38. The van der Waals surface area contributed by atoms with E-state index in [2.05, 4.69) is 16.0 Å². The van der Waals surface area contributed by atoms with Crippen molar-refractivity contribution in [3.8, 4) is 6.07 Å². The Morgan fingerprint density at radius 1 is 1.00 bits per heavy atom. The molecular weight excluding hydrogens is 436 g/mol. The Bertz CT molecular complexity index is 1080. The molecule has 0 aliphatic carbocycles. The second kappa shape index (κ2) is 9.63. The molecule has 1 fully saturated rings. The molecule has 0 saturated carbocycles. The number of piperazine rings is 1. The third kappa shape index (κ3) is 5.25. The van der Waals surface area contributed by atoms with Gasteiger partial charge >= 0.3 is 12.2 Å². The number of benzene rings is 1. The van der Waals surface area contributed by atoms with E-state index in [4.69, 9.17) is 9.47 Å². The smallest absolute Gasteiger partial charge is 0.410 e. The van der Waals surface area contributed by atoms with Gasteiger partial charge in [-0.2, -0.15) is 5.26 Å². The van der Waals surface area contributed by atoms with E-state index in [-0.39, 0.29) is 25.3 Å². The fraction of sp³-hybridized carbons (Fsp3) is 0.500. The van der Waals surface area contributed by atoms with E-state index in [0.717, 1.165) is 11.4 Å². The summed E-state index contributed by atoms with van der Waals surface area (Å²) in [5.74, 6) is 1.41. The number of carbonyl (C=O) groups is 2. The molecular formula is C24H30N6O4. The van der Waals surface area contributed by atoms with Gasteiger partial charge in [-0.25, -0.2) is 14.6 Å². The lowest BCUT2D eigenvalue weighted by Crippen LogP contribution is -2.50. The molecule has 2 aliphatic heterocycles. The minimum atomic E-state index is -0.575. The first-order valence-electron chi connectivity index (χ1n) is 11.4. The molecule has 0 radical (unpaired) electrons. The van der Waals surface area contributed by atoms with E-state index < -0.39 is 5.60 Å². The van der Waals surface area contributed by atoms with Gasteiger partial charge in [0.15, 0.2) is 5.69 Å². The Labute approximate surface area is 199 Å². The minimum Gasteiger partial charge on any atom is -0.445 e. The van der Waals surface area contributed by atoms with Gasteiger partial charge in [0, 0.05) is 39.3 Å². The van der Waals surface area contributed by atoms with Crippen LogP contribution in [-0.2, 0) is 29.2 Å². The van der Waals surface area contributed by atoms with Crippen molar-refractivity contribution < 1.29 is 19.1 Å². The summed E-state index contributed by atoms with van der Waals surface area (Å²) in [6.45, 7) is 9.13. The van der Waals surface area contributed by atoms with Crippen LogP contribution < -0.4 is 4.90 Å². The summed E-state index contributed by atoms with van der Waals surface area (Å²) < 4.78 is 12.9. The number of fused-ring (bicyclic) bond motifs is 1. The zero-order valence-electron chi connectivity index (χ0n) is 19.9. The number of carbonyl (C=O) groups excluding carboxylic acids is 2. The van der Waals surface area contributed by atoms with Crippen molar-refractivity contribution in [1.82, 2.24) is 19.4 Å². The number of nitrogens with zero attached hydrogens (tertiary/aromatic N) is 6. The molecule has 180 valence electrons. The molecule has 4 rings (SSSR count). The standard InChI is InChI=1S/C24H30N6O4/c1-24(2,3)34-23(32)29-13-14-30-20(16-29)26-19(15-25)21(30)27-9-11-28(12-10-27)22(31)33-17-18-7-5-4-6-8-18/h4-8H,9-14,16-17H2,1-3H3. The zero-order valence-corrected chi connectivity index (χ0v) is 19.9. The van der Waals surface area contributed by atoms with Gasteiger partial charge in [0.2, 0.25) is 0 Å². The molecule has 3 heterocycles. The monoisotopic (exact) mass is 466 g/mol. The maximum absolute atomic E-state index is 12.5. The average Bonchev–Trinajstić information content (AvgIpc) is 3.20. The molecule has 1 aromatic heterocycles. The molecule has 0 spiro atoms. The number of amides is 2. The molecule has 10 nitrogen and oxygen atoms in total. The van der Waals surface area contributed by atoms with E-state index >= 15 is 0 Å². The number of aromatic nitrogens is 2. The SMILES string of the molecule is CC(C)(C)OC(=O)N1CCn2c(nc(C#N)c2N2CCN(C(=O)OCc3ccccc3)CC2)C1. The van der Waals surface area contributed by atoms with Crippen molar-refractivity contribution in [3.05, 3.63) is 47.4 Å². The average molecular weight is 467 g/mol. The lowest BCUT2D eigenvalue weighted by Gasteiger charge is -2.37. The Balaban J connectivity index is 1.38. The normalized spacial score (nSPS) is 16.0. The fourth-order valence-electron chi connectivity index (χ4n) is 4.10. The molecule has 1 aromatic carbocycles. The van der Waals surface area contributed by atoms with Crippen molar-refractivity contribution in [2.24, 2.45) is 0 Å². The number of rotatable bonds is 3. The summed E-state index contributed by atoms with van der Waals surface area (Å²) in [6, 6.07) is 11.8. The molecule has 0 unspecified atom stereocenters. The number of hydrogen-bond acceptors (Lipinski definition) is 7. The first-order valence-corrected chi connectivity index (χ1v) is 11.4. The van der Waals surface area contributed by atoms with Crippen LogP contribution >= 0.6 is 0 Å². The molecule has 34 heavy (non-hydrogen) atoms. The Morgan fingerprint density at radius 2 is 1.68 bits per heavy atom. The highest BCUT2D eigenvalue weighted by Gasteiger charge is 2.32. The zero-order chi connectivity index (χ0) is 24.3. The number of nitriles is 1. The van der Waals surface area contributed by atoms with Crippen LogP contribution in [0.15, 0.2) is 30.3 Å². The number of ether oxygens (including phenoxy) is 2. The van der Waals surface area contributed by atoms with Crippen molar-refractivity contribution in [3.63, 3.8) is 0 Å². The lowest BCUT2D eigenvalue weighted by molar-refractivity contribution is 0.0195. The molecule has 2 amide bonds. The minimum absolute atomic E-state index is 0.239. The quantitative estimate of drug-likeness (QED) is 0.685. The van der Waals surface area contributed by atoms with Crippen LogP contribution in [0, 0.1) is 11.3 Å². The molecule has 0 atom stereocenters. The van der Waals surface area contributed by atoms with Gasteiger partial charge in [-0.05, 0) is 26.3 Å². The van der Waals surface area contributed by atoms with Crippen LogP contribution in [0.4, 0.5) is 15.4 Å². The molecule has 1 saturated heterocycles. The van der Waals surface area contributed by atoms with Crippen LogP contribution in [-0.4, -0.2) is 69.9 Å². The van der Waals surface area contributed by atoms with Crippen LogP contribution in [0.2, 0.25) is 0 Å². The van der Waals surface area contributed by atoms with Crippen LogP contribution in [0.1, 0.15) is 37.9 Å². The molecule has 2 aliphatic rings. The Kier molecular flexibility index (Phi) is 6.63. The maximum Gasteiger partial charge on any atom is 0.410 e. The predicted octanol–water partition coefficient (Wildman–Crippen LogP) is 2.96. The molecule has 0 N–H and O–H groups in total. The summed E-state index contributed by atoms with van der Waals surface area (Å²) in [5.41, 5.74) is 0.704. The maximum atomic E-state index is 12.5. The molecule has 0 bridgehead atoms. The number of hydrogen-bond donors (Lipinski definition) is 0. The van der Waals surface area contributed by atoms with Crippen molar-refractivity contribution in [2.75, 3.05) is 37.6 Å². The highest BCUT2D eigenvalue weighted by molar-refractivity contribution is 5.69. The van der Waals surface area contributed by atoms with E-state index in [9.17, 15) is 14.9 Å². The van der Waals surface area contributed by atoms with Gasteiger partial charge in [0.1, 0.15) is 29.9 Å². The van der Waals surface area contributed by atoms with Gasteiger partial charge in [0.05, 0.1) is 6.54 Å². The van der Waals surface area contributed by atoms with Gasteiger partial charge < -0.3 is 23.8 Å². The Morgan fingerprint density at radius 3 is 2.32 bits per heavy atom. The fourth-order valence-corrected chi connectivity index (χ4v) is 4.10. The van der Waals surface area contributed by atoms with E-state index in [1.54, 1.807) is 9.80 Å². The second-order valence-corrected chi connectivity index (χ2v) is 9.38. The predicted molar refractivity (Wildman–Crippen MR) is 124 cm³/mol. The summed E-state index contributed by atoms with van der Waals surface area (Å²) in [4.78, 5) is 34.8. The number of imidazole rings is 1. The Hall–Kier alpha value is -3.74. The van der Waals surface area contributed by atoms with Crippen LogP contribution in [0.3, 0.4) is 0 Å². The van der Waals surface area contributed by atoms with Gasteiger partial charge in [-0.1, -0.05) is 30.3 Å².